The van der Waals surface area contributed by atoms with Gasteiger partial charge in [-0.2, -0.15) is 0 Å². The molecule has 20 heavy (non-hydrogen) atoms. The summed E-state index contributed by atoms with van der Waals surface area (Å²) in [5, 5.41) is 2.79. The third-order valence-electron chi connectivity index (χ3n) is 3.56. The second kappa shape index (κ2) is 5.37. The van der Waals surface area contributed by atoms with Crippen LogP contribution in [0.1, 0.15) is 30.8 Å². The molecule has 1 N–H and O–H groups in total. The Morgan fingerprint density at radius 1 is 1.25 bits per heavy atom. The van der Waals surface area contributed by atoms with Gasteiger partial charge in [0.15, 0.2) is 0 Å². The summed E-state index contributed by atoms with van der Waals surface area (Å²) in [7, 11) is 0. The van der Waals surface area contributed by atoms with Crippen LogP contribution in [0.3, 0.4) is 0 Å². The molecule has 0 bridgehead atoms. The standard InChI is InChI=1S/C17H17NO2/c1-12-11-15(12)16-9-7-14(20-16)8-10-17(19)18-13-5-3-2-4-6-13/h2-10,12,15H,11H2,1H3,(H,18,19)/b10-8-/t12-,15-/m1/s1. The Morgan fingerprint density at radius 2 is 2.00 bits per heavy atom. The lowest BCUT2D eigenvalue weighted by molar-refractivity contribution is -0.111. The summed E-state index contributed by atoms with van der Waals surface area (Å²) in [6.45, 7) is 2.22. The zero-order chi connectivity index (χ0) is 13.9. The summed E-state index contributed by atoms with van der Waals surface area (Å²) in [4.78, 5) is 11.8. The van der Waals surface area contributed by atoms with Gasteiger partial charge in [0.1, 0.15) is 11.5 Å². The van der Waals surface area contributed by atoms with E-state index >= 15 is 0 Å². The molecule has 0 saturated heterocycles. The number of anilines is 1. The van der Waals surface area contributed by atoms with Crippen LogP contribution in [-0.4, -0.2) is 5.91 Å². The number of para-hydroxylation sites is 1. The van der Waals surface area contributed by atoms with Crippen molar-refractivity contribution in [2.75, 3.05) is 5.32 Å². The normalized spacial score (nSPS) is 21.1. The molecule has 1 heterocycles. The molecule has 0 spiro atoms. The summed E-state index contributed by atoms with van der Waals surface area (Å²) in [5.74, 6) is 2.88. The molecule has 1 aliphatic carbocycles. The van der Waals surface area contributed by atoms with E-state index in [-0.39, 0.29) is 5.91 Å². The minimum absolute atomic E-state index is 0.158. The highest BCUT2D eigenvalue weighted by molar-refractivity contribution is 6.01. The lowest BCUT2D eigenvalue weighted by atomic mass is 10.3. The van der Waals surface area contributed by atoms with E-state index in [1.54, 1.807) is 6.08 Å². The molecule has 1 aromatic carbocycles. The average molecular weight is 267 g/mol. The molecule has 1 aliphatic rings. The Kier molecular flexibility index (Phi) is 3.42. The number of amides is 1. The summed E-state index contributed by atoms with van der Waals surface area (Å²) in [6.07, 6.45) is 4.39. The van der Waals surface area contributed by atoms with Crippen molar-refractivity contribution in [3.05, 3.63) is 60.1 Å². The highest BCUT2D eigenvalue weighted by Crippen LogP contribution is 2.47. The fraction of sp³-hybridized carbons (Fsp3) is 0.235. The summed E-state index contributed by atoms with van der Waals surface area (Å²) < 4.78 is 5.71. The second-order valence-corrected chi connectivity index (χ2v) is 5.25. The first-order chi connectivity index (χ1) is 9.72. The van der Waals surface area contributed by atoms with Crippen LogP contribution in [0.25, 0.3) is 6.08 Å². The number of nitrogens with one attached hydrogen (secondary N) is 1. The first-order valence-electron chi connectivity index (χ1n) is 6.86. The van der Waals surface area contributed by atoms with Gasteiger partial charge in [-0.05, 0) is 42.7 Å². The Bertz CT molecular complexity index is 627. The van der Waals surface area contributed by atoms with Crippen LogP contribution in [0.5, 0.6) is 0 Å². The molecular weight excluding hydrogens is 250 g/mol. The molecule has 2 atom stereocenters. The highest BCUT2D eigenvalue weighted by Gasteiger charge is 2.36. The SMILES string of the molecule is C[C@@H]1C[C@H]1c1ccc(/C=C\C(=O)Nc2ccccc2)o1. The summed E-state index contributed by atoms with van der Waals surface area (Å²) in [5.41, 5.74) is 0.786. The van der Waals surface area contributed by atoms with Crippen LogP contribution in [0, 0.1) is 5.92 Å². The molecular formula is C17H17NO2. The number of benzene rings is 1. The van der Waals surface area contributed by atoms with Crippen molar-refractivity contribution in [2.24, 2.45) is 5.92 Å². The van der Waals surface area contributed by atoms with E-state index in [0.29, 0.717) is 5.92 Å². The van der Waals surface area contributed by atoms with Gasteiger partial charge in [0.05, 0.1) is 0 Å². The topological polar surface area (TPSA) is 42.2 Å². The van der Waals surface area contributed by atoms with E-state index in [2.05, 4.69) is 12.2 Å². The predicted molar refractivity (Wildman–Crippen MR) is 79.3 cm³/mol. The smallest absolute Gasteiger partial charge is 0.248 e. The number of furan rings is 1. The molecule has 1 amide bonds. The van der Waals surface area contributed by atoms with Crippen LogP contribution < -0.4 is 5.32 Å². The summed E-state index contributed by atoms with van der Waals surface area (Å²) >= 11 is 0. The van der Waals surface area contributed by atoms with E-state index in [1.807, 2.05) is 42.5 Å². The Hall–Kier alpha value is -2.29. The first kappa shape index (κ1) is 12.7. The molecule has 0 unspecified atom stereocenters. The zero-order valence-corrected chi connectivity index (χ0v) is 11.4. The Balaban J connectivity index is 1.59. The maximum Gasteiger partial charge on any atom is 0.248 e. The van der Waals surface area contributed by atoms with Crippen LogP contribution in [0.15, 0.2) is 53.0 Å². The van der Waals surface area contributed by atoms with E-state index in [4.69, 9.17) is 4.42 Å². The molecule has 1 fully saturated rings. The van der Waals surface area contributed by atoms with Crippen molar-refractivity contribution >= 4 is 17.7 Å². The summed E-state index contributed by atoms with van der Waals surface area (Å²) in [6, 6.07) is 13.3. The van der Waals surface area contributed by atoms with Gasteiger partial charge in [0.2, 0.25) is 5.91 Å². The van der Waals surface area contributed by atoms with Crippen molar-refractivity contribution in [2.45, 2.75) is 19.3 Å². The van der Waals surface area contributed by atoms with E-state index < -0.39 is 0 Å². The quantitative estimate of drug-likeness (QED) is 0.849. The van der Waals surface area contributed by atoms with Gasteiger partial charge in [-0.1, -0.05) is 25.1 Å². The Morgan fingerprint density at radius 3 is 2.70 bits per heavy atom. The fourth-order valence-electron chi connectivity index (χ4n) is 2.24. The van der Waals surface area contributed by atoms with E-state index in [9.17, 15) is 4.79 Å². The third kappa shape index (κ3) is 2.99. The van der Waals surface area contributed by atoms with Gasteiger partial charge in [0, 0.05) is 17.7 Å². The molecule has 1 aromatic heterocycles. The largest absolute Gasteiger partial charge is 0.461 e. The van der Waals surface area contributed by atoms with Gasteiger partial charge in [-0.25, -0.2) is 0 Å². The van der Waals surface area contributed by atoms with E-state index in [1.165, 1.54) is 12.5 Å². The maximum absolute atomic E-state index is 11.8. The maximum atomic E-state index is 11.8. The number of hydrogen-bond donors (Lipinski definition) is 1. The molecule has 3 rings (SSSR count). The molecule has 2 aromatic rings. The number of carbonyl (C=O) groups is 1. The van der Waals surface area contributed by atoms with Crippen LogP contribution in [-0.2, 0) is 4.79 Å². The fourth-order valence-corrected chi connectivity index (χ4v) is 2.24. The molecule has 3 nitrogen and oxygen atoms in total. The highest BCUT2D eigenvalue weighted by atomic mass is 16.3. The minimum Gasteiger partial charge on any atom is -0.461 e. The molecule has 3 heteroatoms. The van der Waals surface area contributed by atoms with Gasteiger partial charge in [-0.3, -0.25) is 4.79 Å². The van der Waals surface area contributed by atoms with E-state index in [0.717, 1.165) is 23.1 Å². The van der Waals surface area contributed by atoms with Gasteiger partial charge < -0.3 is 9.73 Å². The second-order valence-electron chi connectivity index (χ2n) is 5.25. The molecule has 102 valence electrons. The Labute approximate surface area is 118 Å². The number of hydrogen-bond acceptors (Lipinski definition) is 2. The zero-order valence-electron chi connectivity index (χ0n) is 11.4. The number of rotatable bonds is 4. The number of carbonyl (C=O) groups excluding carboxylic acids is 1. The average Bonchev–Trinajstić information content (AvgIpc) is 3.01. The molecule has 1 saturated carbocycles. The van der Waals surface area contributed by atoms with Gasteiger partial charge >= 0.3 is 0 Å². The lowest BCUT2D eigenvalue weighted by Crippen LogP contribution is -2.07. The lowest BCUT2D eigenvalue weighted by Gasteiger charge is -1.99. The minimum atomic E-state index is -0.158. The van der Waals surface area contributed by atoms with Gasteiger partial charge in [0.25, 0.3) is 0 Å². The van der Waals surface area contributed by atoms with Crippen molar-refractivity contribution in [3.8, 4) is 0 Å². The van der Waals surface area contributed by atoms with Crippen molar-refractivity contribution in [1.82, 2.24) is 0 Å². The molecule has 0 radical (unpaired) electrons. The van der Waals surface area contributed by atoms with Crippen LogP contribution >= 0.6 is 0 Å². The van der Waals surface area contributed by atoms with Crippen molar-refractivity contribution < 1.29 is 9.21 Å². The molecule has 0 aliphatic heterocycles. The van der Waals surface area contributed by atoms with Crippen LogP contribution in [0.2, 0.25) is 0 Å². The van der Waals surface area contributed by atoms with Crippen LogP contribution in [0.4, 0.5) is 5.69 Å². The first-order valence-corrected chi connectivity index (χ1v) is 6.86. The van der Waals surface area contributed by atoms with Crippen molar-refractivity contribution in [1.29, 1.82) is 0 Å². The van der Waals surface area contributed by atoms with Gasteiger partial charge in [-0.15, -0.1) is 0 Å². The predicted octanol–water partition coefficient (Wildman–Crippen LogP) is 4.05. The monoisotopic (exact) mass is 267 g/mol. The van der Waals surface area contributed by atoms with Crippen molar-refractivity contribution in [3.63, 3.8) is 0 Å². The third-order valence-corrected chi connectivity index (χ3v) is 3.56.